The summed E-state index contributed by atoms with van der Waals surface area (Å²) in [7, 11) is 0. The highest BCUT2D eigenvalue weighted by Gasteiger charge is 2.45. The number of aromatic nitrogens is 2. The molecule has 2 aromatic heterocycles. The van der Waals surface area contributed by atoms with Gasteiger partial charge in [-0.05, 0) is 18.6 Å². The SMILES string of the molecule is CC[C@@]1(O)C(=O)OCc2c1cc1n(c2=O)Cc2c-1nc1ccccc1c2C(=N)N. The number of para-hydroxylation sites is 1. The number of aliphatic hydroxyl groups is 1. The van der Waals surface area contributed by atoms with Crippen molar-refractivity contribution >= 4 is 22.7 Å². The smallest absolute Gasteiger partial charge is 0.343 e. The van der Waals surface area contributed by atoms with Gasteiger partial charge in [-0.15, -0.1) is 0 Å². The number of carbonyl (C=O) groups is 1. The van der Waals surface area contributed by atoms with Crippen LogP contribution in [0.4, 0.5) is 0 Å². The molecule has 8 nitrogen and oxygen atoms in total. The minimum absolute atomic E-state index is 0.0818. The number of rotatable bonds is 2. The zero-order valence-electron chi connectivity index (χ0n) is 15.7. The Morgan fingerprint density at radius 1 is 1.34 bits per heavy atom. The molecule has 0 saturated heterocycles. The summed E-state index contributed by atoms with van der Waals surface area (Å²) in [5, 5.41) is 19.8. The Balaban J connectivity index is 1.87. The Labute approximate surface area is 165 Å². The lowest BCUT2D eigenvalue weighted by atomic mass is 9.86. The first-order valence-electron chi connectivity index (χ1n) is 9.30. The van der Waals surface area contributed by atoms with Gasteiger partial charge in [-0.3, -0.25) is 10.2 Å². The number of nitrogen functional groups attached to an aromatic ring is 1. The molecule has 0 bridgehead atoms. The van der Waals surface area contributed by atoms with Crippen LogP contribution in [0.5, 0.6) is 0 Å². The maximum Gasteiger partial charge on any atom is 0.343 e. The van der Waals surface area contributed by atoms with Crippen molar-refractivity contribution in [3.63, 3.8) is 0 Å². The van der Waals surface area contributed by atoms with Gasteiger partial charge in [0.25, 0.3) is 5.56 Å². The van der Waals surface area contributed by atoms with Gasteiger partial charge < -0.3 is 20.1 Å². The van der Waals surface area contributed by atoms with Crippen LogP contribution in [0.1, 0.15) is 35.6 Å². The second-order valence-corrected chi connectivity index (χ2v) is 7.35. The topological polar surface area (TPSA) is 131 Å². The van der Waals surface area contributed by atoms with Gasteiger partial charge in [-0.1, -0.05) is 25.1 Å². The van der Waals surface area contributed by atoms with Crippen LogP contribution in [-0.2, 0) is 28.3 Å². The molecule has 1 atom stereocenters. The van der Waals surface area contributed by atoms with E-state index < -0.39 is 11.6 Å². The fourth-order valence-corrected chi connectivity index (χ4v) is 4.34. The van der Waals surface area contributed by atoms with Crippen molar-refractivity contribution in [2.24, 2.45) is 5.73 Å². The maximum atomic E-state index is 13.2. The summed E-state index contributed by atoms with van der Waals surface area (Å²) in [4.78, 5) is 30.2. The Morgan fingerprint density at radius 2 is 2.10 bits per heavy atom. The third-order valence-electron chi connectivity index (χ3n) is 5.86. The minimum atomic E-state index is -1.87. The number of hydrogen-bond donors (Lipinski definition) is 3. The van der Waals surface area contributed by atoms with Crippen LogP contribution in [0.3, 0.4) is 0 Å². The van der Waals surface area contributed by atoms with E-state index >= 15 is 0 Å². The summed E-state index contributed by atoms with van der Waals surface area (Å²) in [6, 6.07) is 9.00. The monoisotopic (exact) mass is 390 g/mol. The van der Waals surface area contributed by atoms with E-state index in [1.54, 1.807) is 13.0 Å². The Morgan fingerprint density at radius 3 is 2.83 bits per heavy atom. The van der Waals surface area contributed by atoms with Gasteiger partial charge in [0.15, 0.2) is 5.60 Å². The predicted molar refractivity (Wildman–Crippen MR) is 106 cm³/mol. The molecular formula is C21H18N4O4. The summed E-state index contributed by atoms with van der Waals surface area (Å²) < 4.78 is 6.62. The molecule has 4 heterocycles. The number of cyclic esters (lactones) is 1. The van der Waals surface area contributed by atoms with Crippen molar-refractivity contribution < 1.29 is 14.6 Å². The molecule has 5 rings (SSSR count). The lowest BCUT2D eigenvalue weighted by Gasteiger charge is -2.31. The zero-order valence-corrected chi connectivity index (χ0v) is 15.7. The first-order chi connectivity index (χ1) is 13.9. The first-order valence-corrected chi connectivity index (χ1v) is 9.30. The molecule has 1 aromatic carbocycles. The van der Waals surface area contributed by atoms with Gasteiger partial charge in [-0.25, -0.2) is 9.78 Å². The molecule has 0 amide bonds. The third-order valence-corrected chi connectivity index (χ3v) is 5.86. The molecule has 0 fully saturated rings. The van der Waals surface area contributed by atoms with E-state index in [1.807, 2.05) is 24.3 Å². The van der Waals surface area contributed by atoms with Crippen LogP contribution in [0.15, 0.2) is 35.1 Å². The fraction of sp³-hybridized carbons (Fsp3) is 0.238. The van der Waals surface area contributed by atoms with Gasteiger partial charge in [0, 0.05) is 22.1 Å². The van der Waals surface area contributed by atoms with E-state index in [0.717, 1.165) is 5.39 Å². The van der Waals surface area contributed by atoms with Crippen LogP contribution >= 0.6 is 0 Å². The zero-order chi connectivity index (χ0) is 20.5. The summed E-state index contributed by atoms with van der Waals surface area (Å²) >= 11 is 0. The Hall–Kier alpha value is -3.52. The normalized spacial score (nSPS) is 19.4. The summed E-state index contributed by atoms with van der Waals surface area (Å²) in [5.41, 5.74) is 7.13. The molecule has 0 unspecified atom stereocenters. The highest BCUT2D eigenvalue weighted by Crippen LogP contribution is 2.39. The minimum Gasteiger partial charge on any atom is -0.458 e. The molecule has 0 spiro atoms. The summed E-state index contributed by atoms with van der Waals surface area (Å²) in [5.74, 6) is -0.861. The number of benzene rings is 1. The maximum absolute atomic E-state index is 13.2. The van der Waals surface area contributed by atoms with E-state index in [4.69, 9.17) is 20.9 Å². The molecule has 8 heteroatoms. The number of hydrogen-bond acceptors (Lipinski definition) is 6. The summed E-state index contributed by atoms with van der Waals surface area (Å²) in [6.45, 7) is 1.69. The van der Waals surface area contributed by atoms with Crippen molar-refractivity contribution in [3.05, 3.63) is 62.9 Å². The average molecular weight is 390 g/mol. The third kappa shape index (κ3) is 2.17. The van der Waals surface area contributed by atoms with Crippen molar-refractivity contribution in [3.8, 4) is 11.4 Å². The highest BCUT2D eigenvalue weighted by atomic mass is 16.6. The van der Waals surface area contributed by atoms with Crippen molar-refractivity contribution in [1.29, 1.82) is 5.41 Å². The van der Waals surface area contributed by atoms with Gasteiger partial charge in [0.2, 0.25) is 0 Å². The predicted octanol–water partition coefficient (Wildman–Crippen LogP) is 1.36. The van der Waals surface area contributed by atoms with Gasteiger partial charge in [-0.2, -0.15) is 0 Å². The van der Waals surface area contributed by atoms with Crippen molar-refractivity contribution in [2.75, 3.05) is 0 Å². The molecule has 0 saturated carbocycles. The van der Waals surface area contributed by atoms with E-state index in [1.165, 1.54) is 4.57 Å². The molecular weight excluding hydrogens is 372 g/mol. The number of fused-ring (bicyclic) bond motifs is 5. The standard InChI is InChI=1S/C21H18N4O4/c1-2-21(28)13-7-15-17-11(8-25(15)19(26)12(13)9-29-20(21)27)16(18(22)23)10-5-3-4-6-14(10)24-17/h3-7,28H,2,8-9H2,1H3,(H3,22,23)/t21-/m0/s1. The number of ether oxygens (including phenoxy) is 1. The average Bonchev–Trinajstić information content (AvgIpc) is 3.07. The lowest BCUT2D eigenvalue weighted by molar-refractivity contribution is -0.172. The molecule has 4 N–H and O–H groups in total. The first kappa shape index (κ1) is 17.6. The molecule has 0 aliphatic carbocycles. The fourth-order valence-electron chi connectivity index (χ4n) is 4.34. The van der Waals surface area contributed by atoms with Crippen molar-refractivity contribution in [1.82, 2.24) is 9.55 Å². The molecule has 146 valence electrons. The summed E-state index contributed by atoms with van der Waals surface area (Å²) in [6.07, 6.45) is 0.0818. The number of nitrogens with two attached hydrogens (primary N) is 1. The lowest BCUT2D eigenvalue weighted by Crippen LogP contribution is -2.44. The molecule has 3 aromatic rings. The van der Waals surface area contributed by atoms with Crippen LogP contribution in [0.25, 0.3) is 22.3 Å². The quantitative estimate of drug-likeness (QED) is 0.269. The second kappa shape index (κ2) is 5.74. The van der Waals surface area contributed by atoms with Crippen LogP contribution < -0.4 is 11.3 Å². The molecule has 2 aliphatic heterocycles. The second-order valence-electron chi connectivity index (χ2n) is 7.35. The van der Waals surface area contributed by atoms with E-state index in [2.05, 4.69) is 0 Å². The largest absolute Gasteiger partial charge is 0.458 e. The highest BCUT2D eigenvalue weighted by molar-refractivity contribution is 6.09. The number of pyridine rings is 2. The number of nitrogens with zero attached hydrogens (tertiary/aromatic N) is 2. The number of esters is 1. The molecule has 29 heavy (non-hydrogen) atoms. The van der Waals surface area contributed by atoms with Crippen molar-refractivity contribution in [2.45, 2.75) is 32.1 Å². The molecule has 2 aliphatic rings. The molecule has 0 radical (unpaired) electrons. The van der Waals surface area contributed by atoms with E-state index in [0.29, 0.717) is 28.0 Å². The Kier molecular flexibility index (Phi) is 3.48. The number of carbonyl (C=O) groups excluding carboxylic acids is 1. The van der Waals surface area contributed by atoms with Crippen LogP contribution in [-0.4, -0.2) is 26.5 Å². The van der Waals surface area contributed by atoms with Gasteiger partial charge in [0.05, 0.1) is 29.0 Å². The van der Waals surface area contributed by atoms with Crippen LogP contribution in [0.2, 0.25) is 0 Å². The number of amidine groups is 1. The van der Waals surface area contributed by atoms with Gasteiger partial charge >= 0.3 is 5.97 Å². The Bertz CT molecular complexity index is 1310. The van der Waals surface area contributed by atoms with E-state index in [9.17, 15) is 14.7 Å². The van der Waals surface area contributed by atoms with E-state index in [-0.39, 0.29) is 42.1 Å². The van der Waals surface area contributed by atoms with Crippen LogP contribution in [0, 0.1) is 5.41 Å². The number of nitrogens with one attached hydrogen (secondary N) is 1. The van der Waals surface area contributed by atoms with Gasteiger partial charge in [0.1, 0.15) is 12.4 Å².